The summed E-state index contributed by atoms with van der Waals surface area (Å²) in [6.45, 7) is 2.28. The molecule has 0 spiro atoms. The molecule has 0 amide bonds. The molecule has 2 unspecified atom stereocenters. The molecule has 4 heteroatoms. The quantitative estimate of drug-likeness (QED) is 0.908. The lowest BCUT2D eigenvalue weighted by atomic mass is 9.85. The van der Waals surface area contributed by atoms with Gasteiger partial charge < -0.3 is 10.0 Å². The van der Waals surface area contributed by atoms with E-state index in [0.29, 0.717) is 17.0 Å². The van der Waals surface area contributed by atoms with E-state index in [0.717, 1.165) is 5.69 Å². The van der Waals surface area contributed by atoms with Crippen LogP contribution in [0.2, 0.25) is 5.02 Å². The molecule has 1 aromatic rings. The molecule has 1 aromatic carbocycles. The second-order valence-corrected chi connectivity index (χ2v) is 5.82. The van der Waals surface area contributed by atoms with Crippen molar-refractivity contribution in [3.05, 3.63) is 28.8 Å². The maximum Gasteiger partial charge on any atom is 0.335 e. The van der Waals surface area contributed by atoms with E-state index < -0.39 is 5.97 Å². The summed E-state index contributed by atoms with van der Waals surface area (Å²) in [4.78, 5) is 13.1. The molecule has 104 valence electrons. The van der Waals surface area contributed by atoms with Gasteiger partial charge >= 0.3 is 5.97 Å². The van der Waals surface area contributed by atoms with Crippen molar-refractivity contribution >= 4 is 23.3 Å². The number of hydrogen-bond acceptors (Lipinski definition) is 2. The lowest BCUT2D eigenvalue weighted by Crippen LogP contribution is -2.39. The molecule has 1 aliphatic carbocycles. The summed E-state index contributed by atoms with van der Waals surface area (Å²) >= 11 is 6.23. The van der Waals surface area contributed by atoms with Crippen LogP contribution in [-0.4, -0.2) is 24.2 Å². The summed E-state index contributed by atoms with van der Waals surface area (Å²) in [5.74, 6) is -0.295. The van der Waals surface area contributed by atoms with Crippen LogP contribution in [0.3, 0.4) is 0 Å². The van der Waals surface area contributed by atoms with Gasteiger partial charge in [0.2, 0.25) is 0 Å². The summed E-state index contributed by atoms with van der Waals surface area (Å²) in [5, 5.41) is 9.47. The van der Waals surface area contributed by atoms with Crippen LogP contribution < -0.4 is 4.90 Å². The fraction of sp³-hybridized carbons (Fsp3) is 0.533. The van der Waals surface area contributed by atoms with Crippen LogP contribution in [0.4, 0.5) is 5.69 Å². The third-order valence-electron chi connectivity index (χ3n) is 4.14. The molecule has 1 saturated carbocycles. The number of nitrogens with zero attached hydrogens (tertiary/aromatic N) is 1. The van der Waals surface area contributed by atoms with Gasteiger partial charge in [-0.05, 0) is 37.0 Å². The lowest BCUT2D eigenvalue weighted by molar-refractivity contribution is 0.0697. The second kappa shape index (κ2) is 5.83. The van der Waals surface area contributed by atoms with Crippen molar-refractivity contribution in [2.75, 3.05) is 11.9 Å². The molecule has 3 nitrogen and oxygen atoms in total. The predicted octanol–water partition coefficient (Wildman–Crippen LogP) is 4.05. The van der Waals surface area contributed by atoms with E-state index in [1.807, 2.05) is 13.1 Å². The highest BCUT2D eigenvalue weighted by Crippen LogP contribution is 2.34. The number of halogens is 1. The molecular formula is C15H20ClNO2. The smallest absolute Gasteiger partial charge is 0.335 e. The maximum absolute atomic E-state index is 10.9. The largest absolute Gasteiger partial charge is 0.478 e. The molecule has 0 aliphatic heterocycles. The van der Waals surface area contributed by atoms with Crippen LogP contribution in [0.1, 0.15) is 43.0 Å². The lowest BCUT2D eigenvalue weighted by Gasteiger charge is -2.38. The van der Waals surface area contributed by atoms with Gasteiger partial charge in [0.05, 0.1) is 16.3 Å². The summed E-state index contributed by atoms with van der Waals surface area (Å²) < 4.78 is 0. The van der Waals surface area contributed by atoms with Gasteiger partial charge in [-0.1, -0.05) is 31.4 Å². The van der Waals surface area contributed by atoms with Crippen LogP contribution in [0.25, 0.3) is 0 Å². The summed E-state index contributed by atoms with van der Waals surface area (Å²) in [5.41, 5.74) is 1.16. The topological polar surface area (TPSA) is 40.5 Å². The molecule has 0 bridgehead atoms. The SMILES string of the molecule is CC1CCCCC1N(C)c1ccc(C(=O)O)cc1Cl. The number of carbonyl (C=O) groups is 1. The van der Waals surface area contributed by atoms with Gasteiger partial charge in [0.1, 0.15) is 0 Å². The number of hydrogen-bond donors (Lipinski definition) is 1. The molecule has 1 aliphatic rings. The molecule has 19 heavy (non-hydrogen) atoms. The standard InChI is InChI=1S/C15H20ClNO2/c1-10-5-3-4-6-13(10)17(2)14-8-7-11(15(18)19)9-12(14)16/h7-10,13H,3-6H2,1-2H3,(H,18,19). The molecule has 2 atom stereocenters. The highest BCUT2D eigenvalue weighted by molar-refractivity contribution is 6.33. The minimum absolute atomic E-state index is 0.235. The number of anilines is 1. The van der Waals surface area contributed by atoms with Crippen molar-refractivity contribution in [2.24, 2.45) is 5.92 Å². The Labute approximate surface area is 119 Å². The molecular weight excluding hydrogens is 262 g/mol. The number of aromatic carboxylic acids is 1. The first-order valence-corrected chi connectivity index (χ1v) is 7.14. The van der Waals surface area contributed by atoms with Crippen LogP contribution in [0, 0.1) is 5.92 Å². The van der Waals surface area contributed by atoms with Crippen molar-refractivity contribution in [1.82, 2.24) is 0 Å². The van der Waals surface area contributed by atoms with Gasteiger partial charge in [0.15, 0.2) is 0 Å². The molecule has 2 rings (SSSR count). The summed E-state index contributed by atoms with van der Waals surface area (Å²) in [7, 11) is 2.05. The van der Waals surface area contributed by atoms with Crippen molar-refractivity contribution in [3.8, 4) is 0 Å². The van der Waals surface area contributed by atoms with Gasteiger partial charge in [-0.2, -0.15) is 0 Å². The zero-order valence-corrected chi connectivity index (χ0v) is 12.2. The van der Waals surface area contributed by atoms with E-state index in [-0.39, 0.29) is 5.56 Å². The van der Waals surface area contributed by atoms with Crippen molar-refractivity contribution in [2.45, 2.75) is 38.6 Å². The molecule has 0 heterocycles. The molecule has 1 fully saturated rings. The fourth-order valence-electron chi connectivity index (χ4n) is 2.98. The third-order valence-corrected chi connectivity index (χ3v) is 4.44. The first-order valence-electron chi connectivity index (χ1n) is 6.76. The molecule has 1 N–H and O–H groups in total. The van der Waals surface area contributed by atoms with Crippen molar-refractivity contribution in [1.29, 1.82) is 0 Å². The van der Waals surface area contributed by atoms with Crippen molar-refractivity contribution < 1.29 is 9.90 Å². The van der Waals surface area contributed by atoms with Crippen LogP contribution in [0.15, 0.2) is 18.2 Å². The van der Waals surface area contributed by atoms with Gasteiger partial charge in [-0.15, -0.1) is 0 Å². The first kappa shape index (κ1) is 14.2. The summed E-state index contributed by atoms with van der Waals surface area (Å²) in [6, 6.07) is 5.45. The second-order valence-electron chi connectivity index (χ2n) is 5.41. The number of carboxylic acid groups (broad SMARTS) is 1. The van der Waals surface area contributed by atoms with Crippen molar-refractivity contribution in [3.63, 3.8) is 0 Å². The number of benzene rings is 1. The number of carboxylic acids is 1. The predicted molar refractivity (Wildman–Crippen MR) is 78.2 cm³/mol. The van der Waals surface area contributed by atoms with Gasteiger partial charge in [-0.3, -0.25) is 0 Å². The first-order chi connectivity index (χ1) is 9.00. The zero-order chi connectivity index (χ0) is 14.0. The average Bonchev–Trinajstić information content (AvgIpc) is 2.38. The Hall–Kier alpha value is -1.22. The Morgan fingerprint density at radius 2 is 2.05 bits per heavy atom. The highest BCUT2D eigenvalue weighted by atomic mass is 35.5. The Morgan fingerprint density at radius 1 is 1.37 bits per heavy atom. The van der Waals surface area contributed by atoms with Gasteiger partial charge in [0.25, 0.3) is 0 Å². The molecule has 0 aromatic heterocycles. The van der Waals surface area contributed by atoms with E-state index >= 15 is 0 Å². The van der Waals surface area contributed by atoms with E-state index in [2.05, 4.69) is 11.8 Å². The maximum atomic E-state index is 10.9. The molecule has 0 saturated heterocycles. The third kappa shape index (κ3) is 3.03. The Balaban J connectivity index is 2.23. The Morgan fingerprint density at radius 3 is 2.63 bits per heavy atom. The van der Waals surface area contributed by atoms with E-state index in [1.165, 1.54) is 31.7 Å². The fourth-order valence-corrected chi connectivity index (χ4v) is 3.29. The Kier molecular flexibility index (Phi) is 4.35. The zero-order valence-electron chi connectivity index (χ0n) is 11.4. The monoisotopic (exact) mass is 281 g/mol. The van der Waals surface area contributed by atoms with Crippen LogP contribution >= 0.6 is 11.6 Å². The Bertz CT molecular complexity index is 475. The molecule has 0 radical (unpaired) electrons. The van der Waals surface area contributed by atoms with Gasteiger partial charge in [0, 0.05) is 13.1 Å². The minimum Gasteiger partial charge on any atom is -0.478 e. The van der Waals surface area contributed by atoms with Crippen LogP contribution in [-0.2, 0) is 0 Å². The van der Waals surface area contributed by atoms with E-state index in [9.17, 15) is 4.79 Å². The summed E-state index contributed by atoms with van der Waals surface area (Å²) in [6.07, 6.45) is 4.98. The highest BCUT2D eigenvalue weighted by Gasteiger charge is 2.26. The minimum atomic E-state index is -0.942. The van der Waals surface area contributed by atoms with E-state index in [1.54, 1.807) is 6.07 Å². The van der Waals surface area contributed by atoms with Gasteiger partial charge in [-0.25, -0.2) is 4.79 Å². The van der Waals surface area contributed by atoms with Crippen LogP contribution in [0.5, 0.6) is 0 Å². The number of rotatable bonds is 3. The average molecular weight is 282 g/mol. The normalized spacial score (nSPS) is 23.1. The van der Waals surface area contributed by atoms with E-state index in [4.69, 9.17) is 16.7 Å².